The Morgan fingerprint density at radius 3 is 2.68 bits per heavy atom. The van der Waals surface area contributed by atoms with Gasteiger partial charge in [-0.1, -0.05) is 18.2 Å². The van der Waals surface area contributed by atoms with Gasteiger partial charge in [0.2, 0.25) is 0 Å². The second-order valence-electron chi connectivity index (χ2n) is 4.32. The molecule has 1 amide bonds. The Balaban J connectivity index is 2.00. The van der Waals surface area contributed by atoms with Gasteiger partial charge in [-0.25, -0.2) is 0 Å². The number of hydrogen-bond donors (Lipinski definition) is 1. The second-order valence-corrected chi connectivity index (χ2v) is 4.32. The van der Waals surface area contributed by atoms with Crippen LogP contribution in [0.15, 0.2) is 55.0 Å². The quantitative estimate of drug-likeness (QED) is 0.761. The minimum atomic E-state index is -0.0383. The van der Waals surface area contributed by atoms with E-state index in [9.17, 15) is 4.79 Å². The number of carbonyl (C=O) groups excluding carboxylic acids is 1. The molecular formula is C15H13N3O. The van der Waals surface area contributed by atoms with Crippen LogP contribution in [0.4, 0.5) is 5.69 Å². The van der Waals surface area contributed by atoms with Gasteiger partial charge in [-0.3, -0.25) is 9.78 Å². The summed E-state index contributed by atoms with van der Waals surface area (Å²) < 4.78 is 0. The lowest BCUT2D eigenvalue weighted by Gasteiger charge is -2.16. The van der Waals surface area contributed by atoms with E-state index in [1.807, 2.05) is 36.4 Å². The van der Waals surface area contributed by atoms with Crippen molar-refractivity contribution in [3.05, 3.63) is 60.6 Å². The molecule has 2 aromatic heterocycles. The van der Waals surface area contributed by atoms with E-state index < -0.39 is 0 Å². The minimum Gasteiger partial charge on any atom is -0.360 e. The number of benzene rings is 1. The second kappa shape index (κ2) is 4.57. The first-order valence-corrected chi connectivity index (χ1v) is 6.01. The van der Waals surface area contributed by atoms with Crippen molar-refractivity contribution < 1.29 is 4.79 Å². The molecular weight excluding hydrogens is 238 g/mol. The van der Waals surface area contributed by atoms with Gasteiger partial charge in [0.25, 0.3) is 5.91 Å². The van der Waals surface area contributed by atoms with Crippen LogP contribution in [0.25, 0.3) is 10.9 Å². The van der Waals surface area contributed by atoms with Crippen molar-refractivity contribution in [2.24, 2.45) is 0 Å². The van der Waals surface area contributed by atoms with Gasteiger partial charge >= 0.3 is 0 Å². The number of rotatable bonds is 2. The van der Waals surface area contributed by atoms with Crippen LogP contribution in [-0.4, -0.2) is 22.9 Å². The maximum absolute atomic E-state index is 12.5. The van der Waals surface area contributed by atoms with Crippen LogP contribution in [0.3, 0.4) is 0 Å². The fraction of sp³-hybridized carbons (Fsp3) is 0.0667. The Bertz CT molecular complexity index is 718. The number of aromatic amines is 1. The normalized spacial score (nSPS) is 10.6. The van der Waals surface area contributed by atoms with Gasteiger partial charge in [0, 0.05) is 42.2 Å². The Morgan fingerprint density at radius 1 is 1.16 bits per heavy atom. The number of amides is 1. The van der Waals surface area contributed by atoms with Crippen LogP contribution >= 0.6 is 0 Å². The van der Waals surface area contributed by atoms with Gasteiger partial charge in [0.05, 0.1) is 5.56 Å². The average Bonchev–Trinajstić information content (AvgIpc) is 2.90. The molecule has 94 valence electrons. The number of hydrogen-bond acceptors (Lipinski definition) is 2. The number of anilines is 1. The Morgan fingerprint density at radius 2 is 1.89 bits per heavy atom. The Kier molecular flexibility index (Phi) is 2.76. The number of carbonyl (C=O) groups is 1. The molecule has 0 unspecified atom stereocenters. The van der Waals surface area contributed by atoms with Crippen LogP contribution in [0.1, 0.15) is 10.4 Å². The van der Waals surface area contributed by atoms with E-state index in [0.717, 1.165) is 16.6 Å². The van der Waals surface area contributed by atoms with E-state index in [4.69, 9.17) is 0 Å². The lowest BCUT2D eigenvalue weighted by molar-refractivity contribution is 0.0994. The molecule has 0 spiro atoms. The van der Waals surface area contributed by atoms with Gasteiger partial charge < -0.3 is 9.88 Å². The number of H-pyrrole nitrogens is 1. The third-order valence-electron chi connectivity index (χ3n) is 3.17. The van der Waals surface area contributed by atoms with E-state index in [1.54, 1.807) is 30.5 Å². The first kappa shape index (κ1) is 11.5. The molecule has 2 heterocycles. The third-order valence-corrected chi connectivity index (χ3v) is 3.17. The molecule has 0 saturated carbocycles. The van der Waals surface area contributed by atoms with Gasteiger partial charge in [0.15, 0.2) is 0 Å². The summed E-state index contributed by atoms with van der Waals surface area (Å²) in [6, 6.07) is 11.4. The number of aromatic nitrogens is 2. The van der Waals surface area contributed by atoms with Crippen molar-refractivity contribution in [3.8, 4) is 0 Å². The van der Waals surface area contributed by atoms with Crippen LogP contribution in [0.2, 0.25) is 0 Å². The summed E-state index contributed by atoms with van der Waals surface area (Å²) >= 11 is 0. The van der Waals surface area contributed by atoms with Crippen LogP contribution < -0.4 is 4.90 Å². The molecule has 3 rings (SSSR count). The summed E-state index contributed by atoms with van der Waals surface area (Å²) in [6.45, 7) is 0. The number of nitrogens with zero attached hydrogens (tertiary/aromatic N) is 2. The molecule has 0 aliphatic heterocycles. The number of para-hydroxylation sites is 1. The van der Waals surface area contributed by atoms with Crippen molar-refractivity contribution in [3.63, 3.8) is 0 Å². The highest BCUT2D eigenvalue weighted by molar-refractivity contribution is 6.13. The zero-order chi connectivity index (χ0) is 13.2. The highest BCUT2D eigenvalue weighted by atomic mass is 16.2. The topological polar surface area (TPSA) is 49.0 Å². The van der Waals surface area contributed by atoms with E-state index in [0.29, 0.717) is 5.56 Å². The van der Waals surface area contributed by atoms with Crippen molar-refractivity contribution in [1.29, 1.82) is 0 Å². The number of pyridine rings is 1. The van der Waals surface area contributed by atoms with Crippen molar-refractivity contribution in [2.45, 2.75) is 0 Å². The Labute approximate surface area is 110 Å². The van der Waals surface area contributed by atoms with Crippen molar-refractivity contribution in [2.75, 3.05) is 11.9 Å². The maximum atomic E-state index is 12.5. The lowest BCUT2D eigenvalue weighted by atomic mass is 10.1. The smallest absolute Gasteiger partial charge is 0.260 e. The molecule has 19 heavy (non-hydrogen) atoms. The van der Waals surface area contributed by atoms with E-state index in [-0.39, 0.29) is 5.91 Å². The molecule has 0 radical (unpaired) electrons. The number of nitrogens with one attached hydrogen (secondary N) is 1. The van der Waals surface area contributed by atoms with E-state index >= 15 is 0 Å². The predicted molar refractivity (Wildman–Crippen MR) is 75.3 cm³/mol. The largest absolute Gasteiger partial charge is 0.360 e. The molecule has 0 aliphatic carbocycles. The summed E-state index contributed by atoms with van der Waals surface area (Å²) in [4.78, 5) is 21.2. The highest BCUT2D eigenvalue weighted by Crippen LogP contribution is 2.21. The fourth-order valence-corrected chi connectivity index (χ4v) is 2.11. The highest BCUT2D eigenvalue weighted by Gasteiger charge is 2.16. The van der Waals surface area contributed by atoms with Crippen LogP contribution in [-0.2, 0) is 0 Å². The van der Waals surface area contributed by atoms with Crippen LogP contribution in [0.5, 0.6) is 0 Å². The monoisotopic (exact) mass is 251 g/mol. The summed E-state index contributed by atoms with van der Waals surface area (Å²) in [7, 11) is 1.76. The molecule has 0 aliphatic rings. The standard InChI is InChI=1S/C15H13N3O/c1-18(11-6-8-16-9-7-11)15(19)13-10-17-14-5-3-2-4-12(13)14/h2-10,17H,1H3. The maximum Gasteiger partial charge on any atom is 0.260 e. The Hall–Kier alpha value is -2.62. The molecule has 0 bridgehead atoms. The van der Waals surface area contributed by atoms with Gasteiger partial charge in [-0.2, -0.15) is 0 Å². The zero-order valence-electron chi connectivity index (χ0n) is 10.5. The molecule has 4 nitrogen and oxygen atoms in total. The van der Waals surface area contributed by atoms with E-state index in [1.165, 1.54) is 0 Å². The molecule has 1 N–H and O–H groups in total. The van der Waals surface area contributed by atoms with Crippen molar-refractivity contribution >= 4 is 22.5 Å². The van der Waals surface area contributed by atoms with Crippen molar-refractivity contribution in [1.82, 2.24) is 9.97 Å². The first-order chi connectivity index (χ1) is 9.27. The summed E-state index contributed by atoms with van der Waals surface area (Å²) in [5.74, 6) is -0.0383. The fourth-order valence-electron chi connectivity index (χ4n) is 2.11. The third kappa shape index (κ3) is 1.97. The first-order valence-electron chi connectivity index (χ1n) is 6.01. The molecule has 3 aromatic rings. The number of fused-ring (bicyclic) bond motifs is 1. The SMILES string of the molecule is CN(C(=O)c1c[nH]c2ccccc12)c1ccncc1. The molecule has 0 saturated heterocycles. The van der Waals surface area contributed by atoms with E-state index in [2.05, 4.69) is 9.97 Å². The summed E-state index contributed by atoms with van der Waals surface area (Å²) in [6.07, 6.45) is 5.10. The van der Waals surface area contributed by atoms with Gasteiger partial charge in [0.1, 0.15) is 0 Å². The van der Waals surface area contributed by atoms with Crippen LogP contribution in [0, 0.1) is 0 Å². The summed E-state index contributed by atoms with van der Waals surface area (Å²) in [5.41, 5.74) is 2.47. The minimum absolute atomic E-state index is 0.0383. The van der Waals surface area contributed by atoms with Gasteiger partial charge in [-0.15, -0.1) is 0 Å². The molecule has 1 aromatic carbocycles. The molecule has 0 fully saturated rings. The average molecular weight is 251 g/mol. The zero-order valence-corrected chi connectivity index (χ0v) is 10.5. The molecule has 4 heteroatoms. The summed E-state index contributed by atoms with van der Waals surface area (Å²) in [5, 5.41) is 0.938. The molecule has 0 atom stereocenters. The predicted octanol–water partition coefficient (Wildman–Crippen LogP) is 2.84. The van der Waals surface area contributed by atoms with Gasteiger partial charge in [-0.05, 0) is 18.2 Å². The lowest BCUT2D eigenvalue weighted by Crippen LogP contribution is -2.25.